The molecule has 0 saturated carbocycles. The number of fused-ring (bicyclic) bond motifs is 1. The minimum atomic E-state index is -0.801. The molecule has 1 saturated heterocycles. The van der Waals surface area contributed by atoms with Crippen LogP contribution in [0, 0.1) is 27.9 Å². The molecule has 2 aliphatic rings. The molecule has 1 fully saturated rings. The van der Waals surface area contributed by atoms with Crippen LogP contribution in [0.2, 0.25) is 0 Å². The summed E-state index contributed by atoms with van der Waals surface area (Å²) in [7, 11) is 0. The Morgan fingerprint density at radius 3 is 2.26 bits per heavy atom. The lowest BCUT2D eigenvalue weighted by molar-refractivity contribution is -0.384. The van der Waals surface area contributed by atoms with Crippen LogP contribution in [-0.4, -0.2) is 41.1 Å². The molecule has 3 unspecified atom stereocenters. The molecule has 0 bridgehead atoms. The van der Waals surface area contributed by atoms with Crippen molar-refractivity contribution in [1.29, 1.82) is 0 Å². The highest BCUT2D eigenvalue weighted by Gasteiger charge is 2.50. The normalized spacial score (nSPS) is 19.3. The summed E-state index contributed by atoms with van der Waals surface area (Å²) in [6.07, 6.45) is 4.33. The number of non-ortho nitro benzene ring substituents is 1. The smallest absolute Gasteiger partial charge is 0.343 e. The fourth-order valence-corrected chi connectivity index (χ4v) is 5.07. The minimum absolute atomic E-state index is 0.0690. The Morgan fingerprint density at radius 1 is 0.905 bits per heavy atom. The molecule has 5 rings (SSSR count). The molecule has 2 amide bonds. The van der Waals surface area contributed by atoms with Crippen molar-refractivity contribution in [1.82, 2.24) is 0 Å². The van der Waals surface area contributed by atoms with Crippen molar-refractivity contribution in [3.05, 3.63) is 112 Å². The number of carbonyl (C=O) groups is 5. The van der Waals surface area contributed by atoms with Crippen molar-refractivity contribution < 1.29 is 38.4 Å². The van der Waals surface area contributed by atoms with Crippen LogP contribution < -0.4 is 9.64 Å². The first-order valence-electron chi connectivity index (χ1n) is 13.1. The number of anilines is 1. The van der Waals surface area contributed by atoms with Gasteiger partial charge in [0.05, 0.1) is 33.6 Å². The van der Waals surface area contributed by atoms with E-state index in [0.29, 0.717) is 6.42 Å². The summed E-state index contributed by atoms with van der Waals surface area (Å²) < 4.78 is 10.4. The number of esters is 2. The van der Waals surface area contributed by atoms with E-state index < -0.39 is 41.1 Å². The Hall–Kier alpha value is -5.45. The van der Waals surface area contributed by atoms with Crippen LogP contribution >= 0.6 is 0 Å². The molecule has 3 atom stereocenters. The number of rotatable bonds is 8. The Kier molecular flexibility index (Phi) is 7.74. The van der Waals surface area contributed by atoms with E-state index in [1.165, 1.54) is 66.7 Å². The second-order valence-corrected chi connectivity index (χ2v) is 9.93. The van der Waals surface area contributed by atoms with E-state index in [-0.39, 0.29) is 51.5 Å². The maximum absolute atomic E-state index is 13.1. The van der Waals surface area contributed by atoms with Crippen molar-refractivity contribution in [2.75, 3.05) is 11.5 Å². The third-order valence-corrected chi connectivity index (χ3v) is 7.25. The van der Waals surface area contributed by atoms with Gasteiger partial charge in [0.25, 0.3) is 5.69 Å². The monoisotopic (exact) mass is 568 g/mol. The minimum Gasteiger partial charge on any atom is -0.454 e. The number of nitrogens with zero attached hydrogens (tertiary/aromatic N) is 2. The van der Waals surface area contributed by atoms with E-state index in [9.17, 15) is 34.1 Å². The van der Waals surface area contributed by atoms with Crippen LogP contribution in [-0.2, 0) is 14.3 Å². The zero-order chi connectivity index (χ0) is 30.0. The largest absolute Gasteiger partial charge is 0.454 e. The molecular formula is C31H24N2O9. The summed E-state index contributed by atoms with van der Waals surface area (Å²) >= 11 is 0. The van der Waals surface area contributed by atoms with Gasteiger partial charge in [-0.15, -0.1) is 0 Å². The number of imide groups is 1. The third kappa shape index (κ3) is 5.57. The topological polar surface area (TPSA) is 150 Å². The standard InChI is InChI=1S/C31H24N2O9/c1-18-4-2-7-25-27(18)29(36)32(28(25)35)23-6-3-5-21(16-23)30(37)41-17-26(34)19-10-14-24(15-11-19)42-31(38)20-8-12-22(13-9-20)33(39)40/h2-6,8-16,18,25,27H,7,17H2,1H3. The van der Waals surface area contributed by atoms with Crippen molar-refractivity contribution in [2.45, 2.75) is 13.3 Å². The number of allylic oxidation sites excluding steroid dienone is 2. The van der Waals surface area contributed by atoms with Crippen molar-refractivity contribution >= 4 is 40.9 Å². The Labute approximate surface area is 239 Å². The molecular weight excluding hydrogens is 544 g/mol. The number of carbonyl (C=O) groups excluding carboxylic acids is 5. The molecule has 11 heteroatoms. The van der Waals surface area contributed by atoms with E-state index in [1.54, 1.807) is 6.07 Å². The third-order valence-electron chi connectivity index (χ3n) is 7.25. The van der Waals surface area contributed by atoms with E-state index >= 15 is 0 Å². The highest BCUT2D eigenvalue weighted by atomic mass is 16.6. The van der Waals surface area contributed by atoms with Gasteiger partial charge in [0, 0.05) is 17.7 Å². The predicted molar refractivity (Wildman–Crippen MR) is 148 cm³/mol. The Balaban J connectivity index is 1.18. The molecule has 1 aliphatic heterocycles. The van der Waals surface area contributed by atoms with Crippen molar-refractivity contribution in [3.63, 3.8) is 0 Å². The number of ketones is 1. The lowest BCUT2D eigenvalue weighted by Crippen LogP contribution is -2.31. The van der Waals surface area contributed by atoms with E-state index in [1.807, 2.05) is 19.1 Å². The van der Waals surface area contributed by atoms with E-state index in [2.05, 4.69) is 0 Å². The number of nitro benzene ring substituents is 1. The number of amides is 2. The average Bonchev–Trinajstić information content (AvgIpc) is 3.26. The quantitative estimate of drug-likeness (QED) is 0.0725. The molecule has 212 valence electrons. The zero-order valence-electron chi connectivity index (χ0n) is 22.3. The van der Waals surface area contributed by atoms with Crippen LogP contribution in [0.4, 0.5) is 11.4 Å². The first kappa shape index (κ1) is 28.1. The van der Waals surface area contributed by atoms with Gasteiger partial charge in [0.2, 0.25) is 11.8 Å². The zero-order valence-corrected chi connectivity index (χ0v) is 22.3. The number of ether oxygens (including phenoxy) is 2. The van der Waals surface area contributed by atoms with Gasteiger partial charge in [-0.05, 0) is 66.9 Å². The lowest BCUT2D eigenvalue weighted by Gasteiger charge is -2.22. The molecule has 1 aliphatic carbocycles. The fraction of sp³-hybridized carbons (Fsp3) is 0.194. The summed E-state index contributed by atoms with van der Waals surface area (Å²) in [5.41, 5.74) is 0.497. The summed E-state index contributed by atoms with van der Waals surface area (Å²) in [4.78, 5) is 75.0. The van der Waals surface area contributed by atoms with Gasteiger partial charge in [0.15, 0.2) is 12.4 Å². The SMILES string of the molecule is CC1C=CCC2C(=O)N(c3cccc(C(=O)OCC(=O)c4ccc(OC(=O)c5ccc([N+](=O)[O-])cc5)cc4)c3)C(=O)C12. The molecule has 1 heterocycles. The highest BCUT2D eigenvalue weighted by molar-refractivity contribution is 6.22. The van der Waals surface area contributed by atoms with Crippen LogP contribution in [0.25, 0.3) is 0 Å². The average molecular weight is 569 g/mol. The second kappa shape index (κ2) is 11.6. The highest BCUT2D eigenvalue weighted by Crippen LogP contribution is 2.40. The van der Waals surface area contributed by atoms with Crippen molar-refractivity contribution in [2.24, 2.45) is 17.8 Å². The maximum atomic E-state index is 13.1. The van der Waals surface area contributed by atoms with Gasteiger partial charge in [0.1, 0.15) is 5.75 Å². The lowest BCUT2D eigenvalue weighted by atomic mass is 9.78. The molecule has 0 spiro atoms. The molecule has 0 radical (unpaired) electrons. The number of benzene rings is 3. The summed E-state index contributed by atoms with van der Waals surface area (Å²) in [6, 6.07) is 16.5. The van der Waals surface area contributed by atoms with Crippen LogP contribution in [0.15, 0.2) is 84.9 Å². The molecule has 3 aromatic carbocycles. The number of hydrogen-bond donors (Lipinski definition) is 0. The van der Waals surface area contributed by atoms with Crippen LogP contribution in [0.1, 0.15) is 44.4 Å². The van der Waals surface area contributed by atoms with E-state index in [4.69, 9.17) is 9.47 Å². The summed E-state index contributed by atoms with van der Waals surface area (Å²) in [5, 5.41) is 10.8. The Morgan fingerprint density at radius 2 is 1.60 bits per heavy atom. The number of nitro groups is 1. The van der Waals surface area contributed by atoms with Crippen molar-refractivity contribution in [3.8, 4) is 5.75 Å². The molecule has 3 aromatic rings. The van der Waals surface area contributed by atoms with Gasteiger partial charge >= 0.3 is 11.9 Å². The van der Waals surface area contributed by atoms with Gasteiger partial charge in [-0.1, -0.05) is 25.1 Å². The van der Waals surface area contributed by atoms with Gasteiger partial charge in [-0.3, -0.25) is 29.4 Å². The first-order valence-corrected chi connectivity index (χ1v) is 13.1. The molecule has 11 nitrogen and oxygen atoms in total. The van der Waals surface area contributed by atoms with E-state index in [0.717, 1.165) is 4.90 Å². The van der Waals surface area contributed by atoms with Crippen LogP contribution in [0.5, 0.6) is 5.75 Å². The molecule has 0 N–H and O–H groups in total. The molecule has 42 heavy (non-hydrogen) atoms. The van der Waals surface area contributed by atoms with Gasteiger partial charge in [-0.2, -0.15) is 0 Å². The summed E-state index contributed by atoms with van der Waals surface area (Å²) in [5.74, 6) is -3.44. The number of hydrogen-bond acceptors (Lipinski definition) is 9. The maximum Gasteiger partial charge on any atom is 0.343 e. The van der Waals surface area contributed by atoms with Gasteiger partial charge < -0.3 is 9.47 Å². The van der Waals surface area contributed by atoms with Gasteiger partial charge in [-0.25, -0.2) is 9.59 Å². The fourth-order valence-electron chi connectivity index (χ4n) is 5.07. The first-order chi connectivity index (χ1) is 20.1. The Bertz CT molecular complexity index is 1630. The summed E-state index contributed by atoms with van der Waals surface area (Å²) in [6.45, 7) is 1.33. The van der Waals surface area contributed by atoms with Crippen LogP contribution in [0.3, 0.4) is 0 Å². The molecule has 0 aromatic heterocycles. The number of Topliss-reactive ketones (excluding diaryl/α,β-unsaturated/α-hetero) is 1. The predicted octanol–water partition coefficient (Wildman–Crippen LogP) is 4.56. The second-order valence-electron chi connectivity index (χ2n) is 9.93.